The average molecular weight is 315 g/mol. The van der Waals surface area contributed by atoms with Gasteiger partial charge in [-0.05, 0) is 6.42 Å². The van der Waals surface area contributed by atoms with E-state index in [4.69, 9.17) is 9.84 Å². The van der Waals surface area contributed by atoms with Gasteiger partial charge in [-0.25, -0.2) is 0 Å². The number of carbonyl (C=O) groups is 2. The van der Waals surface area contributed by atoms with E-state index in [0.29, 0.717) is 13.0 Å². The van der Waals surface area contributed by atoms with Gasteiger partial charge >= 0.3 is 5.97 Å². The van der Waals surface area contributed by atoms with E-state index in [9.17, 15) is 9.59 Å². The number of nitrogens with one attached hydrogen (secondary N) is 1. The third kappa shape index (κ3) is 15.3. The van der Waals surface area contributed by atoms with Crippen molar-refractivity contribution < 1.29 is 19.4 Å². The molecule has 0 aromatic rings. The topological polar surface area (TPSA) is 75.6 Å². The molecule has 22 heavy (non-hydrogen) atoms. The lowest BCUT2D eigenvalue weighted by Crippen LogP contribution is -2.26. The summed E-state index contributed by atoms with van der Waals surface area (Å²) in [5, 5.41) is 11.2. The molecule has 0 aliphatic heterocycles. The first kappa shape index (κ1) is 20.9. The minimum Gasteiger partial charge on any atom is -0.463 e. The molecule has 2 N–H and O–H groups in total. The van der Waals surface area contributed by atoms with Crippen molar-refractivity contribution in [1.29, 1.82) is 0 Å². The fraction of sp³-hybridized carbons (Fsp3) is 0.882. The number of hydrogen-bond acceptors (Lipinski definition) is 4. The molecular weight excluding hydrogens is 282 g/mol. The highest BCUT2D eigenvalue weighted by atomic mass is 16.5. The molecule has 0 unspecified atom stereocenters. The fourth-order valence-corrected chi connectivity index (χ4v) is 2.22. The van der Waals surface area contributed by atoms with Gasteiger partial charge in [-0.1, -0.05) is 58.3 Å². The molecule has 5 nitrogen and oxygen atoms in total. The Hall–Kier alpha value is -1.10. The second kappa shape index (κ2) is 16.3. The van der Waals surface area contributed by atoms with Crippen LogP contribution in [0, 0.1) is 0 Å². The Kier molecular flexibility index (Phi) is 15.5. The van der Waals surface area contributed by atoms with Gasteiger partial charge in [0.05, 0.1) is 13.0 Å². The summed E-state index contributed by atoms with van der Waals surface area (Å²) in [6, 6.07) is 0. The molecule has 0 radical (unpaired) electrons. The van der Waals surface area contributed by atoms with Gasteiger partial charge in [0.2, 0.25) is 5.91 Å². The van der Waals surface area contributed by atoms with Gasteiger partial charge in [0, 0.05) is 13.0 Å². The number of esters is 1. The van der Waals surface area contributed by atoms with Gasteiger partial charge in [0.1, 0.15) is 6.61 Å². The van der Waals surface area contributed by atoms with Crippen molar-refractivity contribution in [3.8, 4) is 0 Å². The van der Waals surface area contributed by atoms with Crippen LogP contribution in [0.3, 0.4) is 0 Å². The molecule has 0 atom stereocenters. The van der Waals surface area contributed by atoms with Crippen LogP contribution in [-0.2, 0) is 14.3 Å². The summed E-state index contributed by atoms with van der Waals surface area (Å²) in [5.74, 6) is -0.393. The predicted octanol–water partition coefficient (Wildman–Crippen LogP) is 2.95. The van der Waals surface area contributed by atoms with Crippen LogP contribution in [0.2, 0.25) is 0 Å². The first-order valence-electron chi connectivity index (χ1n) is 8.74. The summed E-state index contributed by atoms with van der Waals surface area (Å²) >= 11 is 0. The van der Waals surface area contributed by atoms with E-state index in [1.54, 1.807) is 0 Å². The lowest BCUT2D eigenvalue weighted by Gasteiger charge is -2.05. The number of unbranched alkanes of at least 4 members (excludes halogenated alkanes) is 8. The van der Waals surface area contributed by atoms with Crippen molar-refractivity contribution in [2.75, 3.05) is 19.8 Å². The third-order valence-corrected chi connectivity index (χ3v) is 3.51. The van der Waals surface area contributed by atoms with Crippen LogP contribution in [0.15, 0.2) is 0 Å². The lowest BCUT2D eigenvalue weighted by atomic mass is 10.1. The molecule has 0 bridgehead atoms. The molecule has 0 aromatic carbocycles. The molecule has 0 spiro atoms. The maximum atomic E-state index is 11.5. The van der Waals surface area contributed by atoms with Crippen LogP contribution in [-0.4, -0.2) is 36.7 Å². The number of rotatable bonds is 15. The van der Waals surface area contributed by atoms with E-state index in [1.165, 1.54) is 44.9 Å². The fourth-order valence-electron chi connectivity index (χ4n) is 2.22. The number of aliphatic hydroxyl groups is 1. The van der Waals surface area contributed by atoms with E-state index in [0.717, 1.165) is 12.8 Å². The molecule has 0 aliphatic rings. The molecule has 0 saturated carbocycles. The first-order chi connectivity index (χ1) is 10.7. The summed E-state index contributed by atoms with van der Waals surface area (Å²) in [6.45, 7) is 2.38. The number of ether oxygens (including phenoxy) is 1. The lowest BCUT2D eigenvalue weighted by molar-refractivity contribution is -0.144. The molecule has 0 saturated heterocycles. The van der Waals surface area contributed by atoms with Crippen molar-refractivity contribution in [2.45, 2.75) is 77.6 Å². The summed E-state index contributed by atoms with van der Waals surface area (Å²) in [7, 11) is 0. The average Bonchev–Trinajstić information content (AvgIpc) is 2.51. The maximum absolute atomic E-state index is 11.5. The second-order valence-electron chi connectivity index (χ2n) is 5.62. The first-order valence-corrected chi connectivity index (χ1v) is 8.74. The van der Waals surface area contributed by atoms with Gasteiger partial charge < -0.3 is 15.2 Å². The molecule has 1 amide bonds. The Morgan fingerprint density at radius 1 is 0.909 bits per heavy atom. The van der Waals surface area contributed by atoms with E-state index >= 15 is 0 Å². The standard InChI is InChI=1S/C17H33NO4/c1-2-3-4-5-6-7-8-9-10-11-16(20)18-13-12-17(21)22-15-14-19/h19H,2-15H2,1H3,(H,18,20). The second-order valence-corrected chi connectivity index (χ2v) is 5.62. The highest BCUT2D eigenvalue weighted by Gasteiger charge is 2.04. The third-order valence-electron chi connectivity index (χ3n) is 3.51. The smallest absolute Gasteiger partial charge is 0.307 e. The highest BCUT2D eigenvalue weighted by Crippen LogP contribution is 2.10. The zero-order chi connectivity index (χ0) is 16.5. The minimum atomic E-state index is -0.391. The Bertz CT molecular complexity index is 282. The molecule has 0 aromatic heterocycles. The molecule has 0 aliphatic carbocycles. The summed E-state index contributed by atoms with van der Waals surface area (Å²) < 4.78 is 4.69. The van der Waals surface area contributed by atoms with Gasteiger partial charge in [0.25, 0.3) is 0 Å². The van der Waals surface area contributed by atoms with Crippen molar-refractivity contribution in [2.24, 2.45) is 0 Å². The Morgan fingerprint density at radius 2 is 1.50 bits per heavy atom. The van der Waals surface area contributed by atoms with Crippen molar-refractivity contribution >= 4 is 11.9 Å². The van der Waals surface area contributed by atoms with E-state index in [-0.39, 0.29) is 25.5 Å². The van der Waals surface area contributed by atoms with E-state index in [1.807, 2.05) is 0 Å². The van der Waals surface area contributed by atoms with Crippen LogP contribution < -0.4 is 5.32 Å². The molecular formula is C17H33NO4. The number of hydrogen-bond donors (Lipinski definition) is 2. The molecule has 5 heteroatoms. The monoisotopic (exact) mass is 315 g/mol. The molecule has 130 valence electrons. The minimum absolute atomic E-state index is 0.00194. The maximum Gasteiger partial charge on any atom is 0.307 e. The van der Waals surface area contributed by atoms with Crippen LogP contribution >= 0.6 is 0 Å². The molecule has 0 rings (SSSR count). The quantitative estimate of drug-likeness (QED) is 0.360. The van der Waals surface area contributed by atoms with Crippen molar-refractivity contribution in [3.05, 3.63) is 0 Å². The van der Waals surface area contributed by atoms with Crippen molar-refractivity contribution in [1.82, 2.24) is 5.32 Å². The SMILES string of the molecule is CCCCCCCCCCCC(=O)NCCC(=O)OCCO. The zero-order valence-electron chi connectivity index (χ0n) is 14.1. The summed E-state index contributed by atoms with van der Waals surface area (Å²) in [4.78, 5) is 22.7. The van der Waals surface area contributed by atoms with Gasteiger partial charge in [-0.3, -0.25) is 9.59 Å². The Labute approximate surface area is 134 Å². The zero-order valence-corrected chi connectivity index (χ0v) is 14.1. The van der Waals surface area contributed by atoms with Gasteiger partial charge in [-0.2, -0.15) is 0 Å². The largest absolute Gasteiger partial charge is 0.463 e. The van der Waals surface area contributed by atoms with Gasteiger partial charge in [0.15, 0.2) is 0 Å². The van der Waals surface area contributed by atoms with Crippen LogP contribution in [0.5, 0.6) is 0 Å². The number of aliphatic hydroxyl groups excluding tert-OH is 1. The predicted molar refractivity (Wildman–Crippen MR) is 87.5 cm³/mol. The number of carbonyl (C=O) groups excluding carboxylic acids is 2. The van der Waals surface area contributed by atoms with E-state index < -0.39 is 5.97 Å². The molecule has 0 heterocycles. The number of amides is 1. The summed E-state index contributed by atoms with van der Waals surface area (Å²) in [6.07, 6.45) is 11.8. The van der Waals surface area contributed by atoms with Crippen molar-refractivity contribution in [3.63, 3.8) is 0 Å². The van der Waals surface area contributed by atoms with E-state index in [2.05, 4.69) is 12.2 Å². The van der Waals surface area contributed by atoms with Crippen LogP contribution in [0.25, 0.3) is 0 Å². The molecule has 0 fully saturated rings. The van der Waals surface area contributed by atoms with Gasteiger partial charge in [-0.15, -0.1) is 0 Å². The van der Waals surface area contributed by atoms with Crippen LogP contribution in [0.1, 0.15) is 77.6 Å². The highest BCUT2D eigenvalue weighted by molar-refractivity contribution is 5.76. The Morgan fingerprint density at radius 3 is 2.09 bits per heavy atom. The van der Waals surface area contributed by atoms with Crippen LogP contribution in [0.4, 0.5) is 0 Å². The Balaban J connectivity index is 3.27. The summed E-state index contributed by atoms with van der Waals surface area (Å²) in [5.41, 5.74) is 0. The normalized spacial score (nSPS) is 10.5.